The lowest BCUT2D eigenvalue weighted by Gasteiger charge is -2.28. The molecule has 0 heterocycles. The first-order valence-electron chi connectivity index (χ1n) is 5.66. The van der Waals surface area contributed by atoms with Crippen LogP contribution in [0.5, 0.6) is 5.75 Å². The molecule has 0 bridgehead atoms. The summed E-state index contributed by atoms with van der Waals surface area (Å²) in [4.78, 5) is 0. The van der Waals surface area contributed by atoms with Gasteiger partial charge in [0.15, 0.2) is 0 Å². The predicted molar refractivity (Wildman–Crippen MR) is 63.4 cm³/mol. The molecule has 3 nitrogen and oxygen atoms in total. The second-order valence-corrected chi connectivity index (χ2v) is 4.08. The summed E-state index contributed by atoms with van der Waals surface area (Å²) in [6.45, 7) is 2.48. The average molecular weight is 224 g/mol. The maximum Gasteiger partial charge on any atom is 0.119 e. The maximum atomic E-state index is 9.26. The van der Waals surface area contributed by atoms with E-state index in [0.717, 1.165) is 12.2 Å². The zero-order chi connectivity index (χ0) is 11.9. The Bertz CT molecular complexity index is 272. The summed E-state index contributed by atoms with van der Waals surface area (Å²) in [7, 11) is 0. The van der Waals surface area contributed by atoms with E-state index in [1.165, 1.54) is 0 Å². The molecule has 0 saturated carbocycles. The topological polar surface area (TPSA) is 49.7 Å². The standard InChI is InChI=1S/C13H20O3/c1-2-13(10-14,11-15)8-9-16-12-6-4-3-5-7-12/h3-7,14-15H,2,8-11H2,1H3. The van der Waals surface area contributed by atoms with E-state index in [2.05, 4.69) is 0 Å². The predicted octanol–water partition coefficient (Wildman–Crippen LogP) is 1.84. The number of ether oxygens (including phenoxy) is 1. The molecule has 1 aromatic carbocycles. The van der Waals surface area contributed by atoms with Crippen LogP contribution in [-0.2, 0) is 0 Å². The molecule has 0 fully saturated rings. The summed E-state index contributed by atoms with van der Waals surface area (Å²) >= 11 is 0. The van der Waals surface area contributed by atoms with Crippen molar-refractivity contribution in [3.05, 3.63) is 30.3 Å². The first-order chi connectivity index (χ1) is 7.76. The fraction of sp³-hybridized carbons (Fsp3) is 0.538. The largest absolute Gasteiger partial charge is 0.494 e. The van der Waals surface area contributed by atoms with Crippen molar-refractivity contribution in [2.24, 2.45) is 5.41 Å². The van der Waals surface area contributed by atoms with E-state index < -0.39 is 5.41 Å². The van der Waals surface area contributed by atoms with Crippen molar-refractivity contribution in [3.63, 3.8) is 0 Å². The van der Waals surface area contributed by atoms with Gasteiger partial charge in [0, 0.05) is 5.41 Å². The number of hydrogen-bond acceptors (Lipinski definition) is 3. The van der Waals surface area contributed by atoms with Crippen molar-refractivity contribution in [2.45, 2.75) is 19.8 Å². The number of rotatable bonds is 7. The van der Waals surface area contributed by atoms with Crippen LogP contribution in [0.15, 0.2) is 30.3 Å². The Morgan fingerprint density at radius 3 is 2.25 bits per heavy atom. The molecule has 2 N–H and O–H groups in total. The highest BCUT2D eigenvalue weighted by molar-refractivity contribution is 5.20. The van der Waals surface area contributed by atoms with E-state index in [1.54, 1.807) is 0 Å². The number of aliphatic hydroxyl groups excluding tert-OH is 2. The van der Waals surface area contributed by atoms with Crippen LogP contribution < -0.4 is 4.74 Å². The molecule has 0 spiro atoms. The second kappa shape index (κ2) is 6.51. The summed E-state index contributed by atoms with van der Waals surface area (Å²) in [5, 5.41) is 18.5. The van der Waals surface area contributed by atoms with Gasteiger partial charge in [-0.1, -0.05) is 25.1 Å². The quantitative estimate of drug-likeness (QED) is 0.743. The third kappa shape index (κ3) is 3.51. The van der Waals surface area contributed by atoms with E-state index in [4.69, 9.17) is 4.74 Å². The van der Waals surface area contributed by atoms with Gasteiger partial charge in [-0.15, -0.1) is 0 Å². The molecule has 90 valence electrons. The molecule has 0 saturated heterocycles. The van der Waals surface area contributed by atoms with Crippen molar-refractivity contribution in [1.29, 1.82) is 0 Å². The molecular weight excluding hydrogens is 204 g/mol. The summed E-state index contributed by atoms with van der Waals surface area (Å²) < 4.78 is 5.54. The fourth-order valence-corrected chi connectivity index (χ4v) is 1.51. The van der Waals surface area contributed by atoms with Gasteiger partial charge in [-0.25, -0.2) is 0 Å². The molecule has 0 aliphatic carbocycles. The van der Waals surface area contributed by atoms with Crippen molar-refractivity contribution in [3.8, 4) is 5.75 Å². The molecule has 0 aliphatic rings. The van der Waals surface area contributed by atoms with Crippen molar-refractivity contribution in [1.82, 2.24) is 0 Å². The van der Waals surface area contributed by atoms with Crippen LogP contribution in [0.3, 0.4) is 0 Å². The maximum absolute atomic E-state index is 9.26. The zero-order valence-electron chi connectivity index (χ0n) is 9.72. The summed E-state index contributed by atoms with van der Waals surface area (Å²) in [6.07, 6.45) is 1.41. The fourth-order valence-electron chi connectivity index (χ4n) is 1.51. The van der Waals surface area contributed by atoms with Crippen LogP contribution in [0.2, 0.25) is 0 Å². The van der Waals surface area contributed by atoms with Gasteiger partial charge in [0.25, 0.3) is 0 Å². The van der Waals surface area contributed by atoms with Crippen LogP contribution >= 0.6 is 0 Å². The lowest BCUT2D eigenvalue weighted by atomic mass is 9.84. The molecule has 16 heavy (non-hydrogen) atoms. The Morgan fingerprint density at radius 1 is 1.12 bits per heavy atom. The van der Waals surface area contributed by atoms with Crippen LogP contribution in [0.1, 0.15) is 19.8 Å². The Labute approximate surface area is 96.7 Å². The smallest absolute Gasteiger partial charge is 0.119 e. The van der Waals surface area contributed by atoms with Gasteiger partial charge in [0.05, 0.1) is 19.8 Å². The normalized spacial score (nSPS) is 11.4. The van der Waals surface area contributed by atoms with Crippen molar-refractivity contribution < 1.29 is 14.9 Å². The highest BCUT2D eigenvalue weighted by atomic mass is 16.5. The molecule has 0 radical (unpaired) electrons. The molecular formula is C13H20O3. The van der Waals surface area contributed by atoms with E-state index in [1.807, 2.05) is 37.3 Å². The van der Waals surface area contributed by atoms with Gasteiger partial charge in [-0.3, -0.25) is 0 Å². The summed E-state index contributed by atoms with van der Waals surface area (Å²) in [5.41, 5.74) is -0.408. The molecule has 1 rings (SSSR count). The van der Waals surface area contributed by atoms with E-state index in [-0.39, 0.29) is 13.2 Å². The van der Waals surface area contributed by atoms with Crippen LogP contribution in [0, 0.1) is 5.41 Å². The second-order valence-electron chi connectivity index (χ2n) is 4.08. The Morgan fingerprint density at radius 2 is 1.75 bits per heavy atom. The van der Waals surface area contributed by atoms with Gasteiger partial charge >= 0.3 is 0 Å². The minimum absolute atomic E-state index is 0.00184. The lowest BCUT2D eigenvalue weighted by Crippen LogP contribution is -2.31. The minimum atomic E-state index is -0.408. The minimum Gasteiger partial charge on any atom is -0.494 e. The van der Waals surface area contributed by atoms with E-state index in [9.17, 15) is 10.2 Å². The molecule has 1 aromatic rings. The molecule has 3 heteroatoms. The highest BCUT2D eigenvalue weighted by Crippen LogP contribution is 2.25. The van der Waals surface area contributed by atoms with E-state index in [0.29, 0.717) is 13.0 Å². The number of para-hydroxylation sites is 1. The molecule has 0 aliphatic heterocycles. The molecule has 0 unspecified atom stereocenters. The number of hydrogen-bond donors (Lipinski definition) is 2. The van der Waals surface area contributed by atoms with Crippen molar-refractivity contribution >= 4 is 0 Å². The SMILES string of the molecule is CCC(CO)(CO)CCOc1ccccc1. The van der Waals surface area contributed by atoms with Crippen LogP contribution in [0.25, 0.3) is 0 Å². The van der Waals surface area contributed by atoms with Gasteiger partial charge < -0.3 is 14.9 Å². The Balaban J connectivity index is 2.39. The number of benzene rings is 1. The van der Waals surface area contributed by atoms with Gasteiger partial charge in [0.1, 0.15) is 5.75 Å². The monoisotopic (exact) mass is 224 g/mol. The number of aliphatic hydroxyl groups is 2. The average Bonchev–Trinajstić information content (AvgIpc) is 2.37. The molecule has 0 atom stereocenters. The first-order valence-corrected chi connectivity index (χ1v) is 5.66. The first kappa shape index (κ1) is 13.0. The zero-order valence-corrected chi connectivity index (χ0v) is 9.72. The summed E-state index contributed by atoms with van der Waals surface area (Å²) in [6, 6.07) is 9.56. The summed E-state index contributed by atoms with van der Waals surface area (Å²) in [5.74, 6) is 0.823. The third-order valence-electron chi connectivity index (χ3n) is 3.07. The van der Waals surface area contributed by atoms with Gasteiger partial charge in [-0.2, -0.15) is 0 Å². The van der Waals surface area contributed by atoms with Crippen LogP contribution in [0.4, 0.5) is 0 Å². The van der Waals surface area contributed by atoms with Gasteiger partial charge in [-0.05, 0) is 25.0 Å². The van der Waals surface area contributed by atoms with Gasteiger partial charge in [0.2, 0.25) is 0 Å². The van der Waals surface area contributed by atoms with E-state index >= 15 is 0 Å². The molecule has 0 aromatic heterocycles. The van der Waals surface area contributed by atoms with Crippen LogP contribution in [-0.4, -0.2) is 30.0 Å². The highest BCUT2D eigenvalue weighted by Gasteiger charge is 2.26. The molecule has 0 amide bonds. The Kier molecular flexibility index (Phi) is 5.29. The van der Waals surface area contributed by atoms with Crippen molar-refractivity contribution in [2.75, 3.05) is 19.8 Å². The Hall–Kier alpha value is -1.06. The third-order valence-corrected chi connectivity index (χ3v) is 3.07. The lowest BCUT2D eigenvalue weighted by molar-refractivity contribution is 0.0325.